The molecule has 0 spiro atoms. The molecule has 1 aliphatic carbocycles. The molecule has 1 aliphatic rings. The highest BCUT2D eigenvalue weighted by molar-refractivity contribution is 7.27. The van der Waals surface area contributed by atoms with Crippen LogP contribution in [0.5, 0.6) is 0 Å². The highest BCUT2D eigenvalue weighted by Crippen LogP contribution is 2.54. The molecule has 0 N–H and O–H groups in total. The second-order valence-corrected chi connectivity index (χ2v) is 17.1. The Morgan fingerprint density at radius 1 is 0.386 bits per heavy atom. The van der Waals surface area contributed by atoms with Crippen molar-refractivity contribution in [2.45, 2.75) is 19.3 Å². The molecule has 0 aliphatic heterocycles. The quantitative estimate of drug-likeness (QED) is 0.169. The van der Waals surface area contributed by atoms with Gasteiger partial charge in [-0.1, -0.05) is 166 Å². The lowest BCUT2D eigenvalue weighted by Crippen LogP contribution is -2.14. The maximum Gasteiger partial charge on any atom is 0.0541 e. The van der Waals surface area contributed by atoms with Gasteiger partial charge in [-0.2, -0.15) is 0 Å². The molecule has 0 bridgehead atoms. The Labute approximate surface area is 335 Å². The van der Waals surface area contributed by atoms with Crippen LogP contribution in [0.2, 0.25) is 0 Å². The number of nitrogens with zero attached hydrogens (tertiary/aromatic N) is 1. The topological polar surface area (TPSA) is 4.93 Å². The van der Waals surface area contributed by atoms with Crippen molar-refractivity contribution >= 4 is 64.1 Å². The minimum Gasteiger partial charge on any atom is -0.309 e. The Bertz CT molecular complexity index is 3410. The fraction of sp³-hybridized carbons (Fsp3) is 0.0545. The number of aromatic nitrogens is 1. The average Bonchev–Trinajstić information content (AvgIpc) is 3.89. The van der Waals surface area contributed by atoms with Crippen molar-refractivity contribution in [3.8, 4) is 50.2 Å². The van der Waals surface area contributed by atoms with Crippen LogP contribution < -0.4 is 0 Å². The van der Waals surface area contributed by atoms with Crippen LogP contribution in [0.15, 0.2) is 188 Å². The van der Waals surface area contributed by atoms with Crippen LogP contribution in [-0.2, 0) is 5.41 Å². The smallest absolute Gasteiger partial charge is 0.0541 e. The van der Waals surface area contributed by atoms with E-state index in [0.29, 0.717) is 0 Å². The van der Waals surface area contributed by atoms with E-state index in [1.807, 2.05) is 11.3 Å². The molecule has 12 rings (SSSR count). The predicted molar refractivity (Wildman–Crippen MR) is 245 cm³/mol. The number of thiophene rings is 1. The largest absolute Gasteiger partial charge is 0.309 e. The van der Waals surface area contributed by atoms with Crippen LogP contribution in [0.3, 0.4) is 0 Å². The highest BCUT2D eigenvalue weighted by atomic mass is 32.1. The summed E-state index contributed by atoms with van der Waals surface area (Å²) in [5, 5.41) is 7.72. The molecule has 0 amide bonds. The SMILES string of the molecule is CC1(C)c2ccccc2-c2c1ccc1c2sc2c(-c3ccc(-n4c5ccc(-c6ccccc6)cc5c5cc(-c6cccc7ccccc67)ccc54)cc3)cccc21. The number of hydrogen-bond donors (Lipinski definition) is 0. The molecule has 0 saturated heterocycles. The molecule has 0 radical (unpaired) electrons. The van der Waals surface area contributed by atoms with E-state index in [2.05, 4.69) is 206 Å². The highest BCUT2D eigenvalue weighted by Gasteiger charge is 2.36. The molecule has 9 aromatic carbocycles. The molecular formula is C55H37NS. The molecule has 0 saturated carbocycles. The van der Waals surface area contributed by atoms with E-state index < -0.39 is 0 Å². The first-order chi connectivity index (χ1) is 28.0. The number of benzene rings is 9. The average molecular weight is 744 g/mol. The van der Waals surface area contributed by atoms with Gasteiger partial charge < -0.3 is 4.57 Å². The Morgan fingerprint density at radius 2 is 1.00 bits per heavy atom. The van der Waals surface area contributed by atoms with E-state index in [-0.39, 0.29) is 5.41 Å². The zero-order chi connectivity index (χ0) is 37.8. The summed E-state index contributed by atoms with van der Waals surface area (Å²) in [6.07, 6.45) is 0. The first kappa shape index (κ1) is 32.5. The molecule has 0 unspecified atom stereocenters. The summed E-state index contributed by atoms with van der Waals surface area (Å²) in [6.45, 7) is 4.74. The second kappa shape index (κ2) is 12.1. The van der Waals surface area contributed by atoms with Gasteiger partial charge in [0, 0.05) is 47.6 Å². The minimum absolute atomic E-state index is 0.0115. The second-order valence-electron chi connectivity index (χ2n) is 16.1. The molecule has 11 aromatic rings. The van der Waals surface area contributed by atoms with Crippen molar-refractivity contribution in [2.75, 3.05) is 0 Å². The Hall–Kier alpha value is -6.74. The van der Waals surface area contributed by atoms with Crippen LogP contribution in [0.4, 0.5) is 0 Å². The van der Waals surface area contributed by atoms with Crippen molar-refractivity contribution < 1.29 is 0 Å². The molecule has 2 heteroatoms. The molecule has 57 heavy (non-hydrogen) atoms. The third-order valence-corrected chi connectivity index (χ3v) is 13.9. The summed E-state index contributed by atoms with van der Waals surface area (Å²) in [4.78, 5) is 0. The van der Waals surface area contributed by atoms with Crippen molar-refractivity contribution in [1.82, 2.24) is 4.57 Å². The predicted octanol–water partition coefficient (Wildman–Crippen LogP) is 15.6. The molecule has 268 valence electrons. The van der Waals surface area contributed by atoms with E-state index in [9.17, 15) is 0 Å². The van der Waals surface area contributed by atoms with Crippen molar-refractivity contribution in [2.24, 2.45) is 0 Å². The van der Waals surface area contributed by atoms with Crippen molar-refractivity contribution in [3.05, 3.63) is 199 Å². The van der Waals surface area contributed by atoms with Crippen LogP contribution in [0.25, 0.3) is 103 Å². The molecule has 1 nitrogen and oxygen atoms in total. The Morgan fingerprint density at radius 3 is 1.84 bits per heavy atom. The van der Waals surface area contributed by atoms with Crippen LogP contribution >= 0.6 is 11.3 Å². The van der Waals surface area contributed by atoms with Gasteiger partial charge in [-0.05, 0) is 97.2 Å². The van der Waals surface area contributed by atoms with Gasteiger partial charge in [-0.15, -0.1) is 11.3 Å². The number of rotatable bonds is 4. The van der Waals surface area contributed by atoms with Crippen LogP contribution in [-0.4, -0.2) is 4.57 Å². The fourth-order valence-corrected chi connectivity index (χ4v) is 11.2. The van der Waals surface area contributed by atoms with E-state index in [1.54, 1.807) is 0 Å². The maximum atomic E-state index is 2.44. The van der Waals surface area contributed by atoms with Gasteiger partial charge in [0.2, 0.25) is 0 Å². The first-order valence-corrected chi connectivity index (χ1v) is 20.7. The fourth-order valence-electron chi connectivity index (χ4n) is 9.82. The number of hydrogen-bond acceptors (Lipinski definition) is 1. The van der Waals surface area contributed by atoms with Gasteiger partial charge in [0.05, 0.1) is 11.0 Å². The summed E-state index contributed by atoms with van der Waals surface area (Å²) >= 11 is 1.95. The standard InChI is InChI=1S/C55H37NS/c1-55(2)48-21-9-8-17-45(48)52-49(55)29-28-44-43-20-11-19-42(53(43)57-54(44)52)36-22-26-39(27-23-36)56-50-30-24-37(34-12-4-3-5-13-34)32-46(50)47-33-38(25-31-51(47)56)41-18-10-15-35-14-6-7-16-40(35)41/h3-33H,1-2H3. The van der Waals surface area contributed by atoms with Crippen molar-refractivity contribution in [1.29, 1.82) is 0 Å². The lowest BCUT2D eigenvalue weighted by molar-refractivity contribution is 0.661. The lowest BCUT2D eigenvalue weighted by atomic mass is 9.82. The van der Waals surface area contributed by atoms with Gasteiger partial charge in [0.25, 0.3) is 0 Å². The summed E-state index contributed by atoms with van der Waals surface area (Å²) in [7, 11) is 0. The normalized spacial score (nSPS) is 13.2. The maximum absolute atomic E-state index is 2.44. The zero-order valence-corrected chi connectivity index (χ0v) is 32.6. The summed E-state index contributed by atoms with van der Waals surface area (Å²) < 4.78 is 5.19. The van der Waals surface area contributed by atoms with E-state index in [4.69, 9.17) is 0 Å². The lowest BCUT2D eigenvalue weighted by Gasteiger charge is -2.21. The van der Waals surface area contributed by atoms with Gasteiger partial charge in [0.1, 0.15) is 0 Å². The number of fused-ring (bicyclic) bond motifs is 11. The van der Waals surface area contributed by atoms with Gasteiger partial charge in [0.15, 0.2) is 0 Å². The van der Waals surface area contributed by atoms with E-state index >= 15 is 0 Å². The Balaban J connectivity index is 1.02. The first-order valence-electron chi connectivity index (χ1n) is 19.8. The monoisotopic (exact) mass is 743 g/mol. The molecule has 0 atom stereocenters. The van der Waals surface area contributed by atoms with Gasteiger partial charge in [-0.3, -0.25) is 0 Å². The summed E-state index contributed by atoms with van der Waals surface area (Å²) in [6, 6.07) is 69.8. The third-order valence-electron chi connectivity index (χ3n) is 12.6. The summed E-state index contributed by atoms with van der Waals surface area (Å²) in [5.41, 5.74) is 16.7. The van der Waals surface area contributed by atoms with Crippen LogP contribution in [0, 0.1) is 0 Å². The van der Waals surface area contributed by atoms with Gasteiger partial charge >= 0.3 is 0 Å². The van der Waals surface area contributed by atoms with E-state index in [1.165, 1.54) is 108 Å². The summed E-state index contributed by atoms with van der Waals surface area (Å²) in [5.74, 6) is 0. The Kier molecular flexibility index (Phi) is 6.91. The minimum atomic E-state index is -0.0115. The van der Waals surface area contributed by atoms with E-state index in [0.717, 1.165) is 5.69 Å². The van der Waals surface area contributed by atoms with Gasteiger partial charge in [-0.25, -0.2) is 0 Å². The molecule has 2 aromatic heterocycles. The van der Waals surface area contributed by atoms with Crippen molar-refractivity contribution in [3.63, 3.8) is 0 Å². The molecule has 0 fully saturated rings. The zero-order valence-electron chi connectivity index (χ0n) is 31.8. The third kappa shape index (κ3) is 4.75. The molecule has 2 heterocycles. The molecular weight excluding hydrogens is 707 g/mol. The van der Waals surface area contributed by atoms with Crippen LogP contribution in [0.1, 0.15) is 25.0 Å².